The maximum Gasteiger partial charge on any atom is 0.198 e. The van der Waals surface area contributed by atoms with Gasteiger partial charge in [-0.05, 0) is 43.8 Å². The van der Waals surface area contributed by atoms with Crippen molar-refractivity contribution in [3.8, 4) is 5.75 Å². The number of likely N-dealkylation sites (N-methyl/N-ethyl adjacent to an activating group) is 1. The third-order valence-electron chi connectivity index (χ3n) is 4.79. The van der Waals surface area contributed by atoms with Crippen LogP contribution in [0, 0.1) is 0 Å². The third kappa shape index (κ3) is 4.25. The van der Waals surface area contributed by atoms with Crippen LogP contribution in [0.3, 0.4) is 0 Å². The maximum absolute atomic E-state index is 13.2. The predicted octanol–water partition coefficient (Wildman–Crippen LogP) is 4.96. The van der Waals surface area contributed by atoms with Gasteiger partial charge in [-0.1, -0.05) is 32.9 Å². The molecule has 2 aromatic carbocycles. The predicted molar refractivity (Wildman–Crippen MR) is 118 cm³/mol. The third-order valence-corrected chi connectivity index (χ3v) is 5.98. The summed E-state index contributed by atoms with van der Waals surface area (Å²) >= 11 is 1.63. The molecule has 4 nitrogen and oxygen atoms in total. The van der Waals surface area contributed by atoms with Crippen molar-refractivity contribution >= 4 is 37.2 Å². The van der Waals surface area contributed by atoms with E-state index in [0.717, 1.165) is 64.2 Å². The van der Waals surface area contributed by atoms with Gasteiger partial charge in [0.05, 0.1) is 16.7 Å². The number of benzene rings is 2. The summed E-state index contributed by atoms with van der Waals surface area (Å²) < 4.78 is 7.87. The molecule has 0 unspecified atom stereocenters. The van der Waals surface area contributed by atoms with Gasteiger partial charge in [0.1, 0.15) is 5.75 Å². The largest absolute Gasteiger partial charge is 0.492 e. The Labute approximate surface area is 164 Å². The van der Waals surface area contributed by atoms with Crippen LogP contribution in [-0.4, -0.2) is 37.7 Å². The van der Waals surface area contributed by atoms with Crippen molar-refractivity contribution in [2.75, 3.05) is 38.1 Å². The van der Waals surface area contributed by atoms with Gasteiger partial charge in [-0.3, -0.25) is 4.79 Å². The van der Waals surface area contributed by atoms with E-state index in [4.69, 9.17) is 4.74 Å². The molecule has 0 atom stereocenters. The van der Waals surface area contributed by atoms with Crippen molar-refractivity contribution in [2.24, 2.45) is 0 Å². The molecule has 144 valence electrons. The number of fused-ring (bicyclic) bond motifs is 2. The molecule has 1 aromatic heterocycles. The van der Waals surface area contributed by atoms with E-state index < -0.39 is 0 Å². The molecule has 0 aliphatic rings. The topological polar surface area (TPSA) is 41.6 Å². The fraction of sp³-hybridized carbons (Fsp3) is 0.409. The molecule has 3 rings (SSSR count). The number of hydrogen-bond acceptors (Lipinski definition) is 5. The minimum Gasteiger partial charge on any atom is -0.492 e. The van der Waals surface area contributed by atoms with Gasteiger partial charge in [-0.15, -0.1) is 11.3 Å². The lowest BCUT2D eigenvalue weighted by molar-refractivity contribution is 0.316. The lowest BCUT2D eigenvalue weighted by Gasteiger charge is -2.19. The summed E-state index contributed by atoms with van der Waals surface area (Å²) in [4.78, 5) is 15.6. The van der Waals surface area contributed by atoms with E-state index in [2.05, 4.69) is 31.0 Å². The Morgan fingerprint density at radius 2 is 1.85 bits per heavy atom. The molecule has 0 radical (unpaired) electrons. The fourth-order valence-electron chi connectivity index (χ4n) is 3.24. The lowest BCUT2D eigenvalue weighted by Crippen LogP contribution is -2.28. The van der Waals surface area contributed by atoms with E-state index in [1.165, 1.54) is 0 Å². The number of nitrogens with one attached hydrogen (secondary N) is 1. The number of anilines is 1. The zero-order valence-corrected chi connectivity index (χ0v) is 17.2. The fourth-order valence-corrected chi connectivity index (χ4v) is 4.41. The summed E-state index contributed by atoms with van der Waals surface area (Å²) in [6.45, 7) is 10.9. The highest BCUT2D eigenvalue weighted by Crippen LogP contribution is 2.36. The maximum atomic E-state index is 13.2. The van der Waals surface area contributed by atoms with E-state index in [-0.39, 0.29) is 5.43 Å². The lowest BCUT2D eigenvalue weighted by atomic mass is 10.1. The smallest absolute Gasteiger partial charge is 0.198 e. The van der Waals surface area contributed by atoms with Crippen molar-refractivity contribution in [1.29, 1.82) is 0 Å². The van der Waals surface area contributed by atoms with Crippen LogP contribution >= 0.6 is 11.3 Å². The van der Waals surface area contributed by atoms with Crippen molar-refractivity contribution < 1.29 is 4.74 Å². The molecule has 0 bridgehead atoms. The summed E-state index contributed by atoms with van der Waals surface area (Å²) in [6.07, 6.45) is 0.938. The average molecular weight is 385 g/mol. The Morgan fingerprint density at radius 3 is 2.59 bits per heavy atom. The summed E-state index contributed by atoms with van der Waals surface area (Å²) in [5, 5.41) is 5.00. The molecule has 0 aliphatic heterocycles. The van der Waals surface area contributed by atoms with E-state index in [0.29, 0.717) is 6.61 Å². The first-order valence-corrected chi connectivity index (χ1v) is 10.6. The summed E-state index contributed by atoms with van der Waals surface area (Å²) in [5.74, 6) is 0.800. The second kappa shape index (κ2) is 9.20. The highest BCUT2D eigenvalue weighted by Gasteiger charge is 2.14. The Morgan fingerprint density at radius 1 is 1.07 bits per heavy atom. The van der Waals surface area contributed by atoms with Crippen molar-refractivity contribution in [2.45, 2.75) is 27.2 Å². The minimum atomic E-state index is 0.0756. The first kappa shape index (κ1) is 19.6. The summed E-state index contributed by atoms with van der Waals surface area (Å²) in [6, 6.07) is 11.8. The molecule has 0 spiro atoms. The normalized spacial score (nSPS) is 11.4. The van der Waals surface area contributed by atoms with Gasteiger partial charge in [0, 0.05) is 28.9 Å². The molecule has 0 fully saturated rings. The molecule has 0 saturated carbocycles. The second-order valence-corrected chi connectivity index (χ2v) is 7.60. The Kier molecular flexibility index (Phi) is 6.69. The van der Waals surface area contributed by atoms with Crippen LogP contribution in [-0.2, 0) is 0 Å². The Balaban J connectivity index is 2.06. The first-order chi connectivity index (χ1) is 13.2. The second-order valence-electron chi connectivity index (χ2n) is 6.54. The number of hydrogen-bond donors (Lipinski definition) is 1. The quantitative estimate of drug-likeness (QED) is 0.530. The van der Waals surface area contributed by atoms with E-state index in [1.54, 1.807) is 11.3 Å². The van der Waals surface area contributed by atoms with Crippen LogP contribution in [0.1, 0.15) is 27.2 Å². The van der Waals surface area contributed by atoms with Crippen LogP contribution in [0.25, 0.3) is 20.2 Å². The van der Waals surface area contributed by atoms with Crippen molar-refractivity contribution in [3.05, 3.63) is 46.6 Å². The van der Waals surface area contributed by atoms with Crippen molar-refractivity contribution in [3.63, 3.8) is 0 Å². The molecule has 27 heavy (non-hydrogen) atoms. The van der Waals surface area contributed by atoms with E-state index >= 15 is 0 Å². The standard InChI is InChI=1S/C22H28N2O2S/c1-4-15-26-18-12-11-17(23-13-14-24(5-2)6-3)20-21(25)16-9-7-8-10-19(16)27-22(18)20/h7-12,23H,4-6,13-15H2,1-3H3. The highest BCUT2D eigenvalue weighted by molar-refractivity contribution is 7.25. The Bertz CT molecular complexity index is 964. The zero-order chi connectivity index (χ0) is 19.2. The van der Waals surface area contributed by atoms with Gasteiger partial charge < -0.3 is 15.0 Å². The summed E-state index contributed by atoms with van der Waals surface area (Å²) in [5.41, 5.74) is 0.972. The summed E-state index contributed by atoms with van der Waals surface area (Å²) in [7, 11) is 0. The Hall–Kier alpha value is -2.11. The van der Waals surface area contributed by atoms with Gasteiger partial charge in [0.25, 0.3) is 0 Å². The molecule has 3 aromatic rings. The molecular weight excluding hydrogens is 356 g/mol. The molecule has 5 heteroatoms. The van der Waals surface area contributed by atoms with Crippen LogP contribution < -0.4 is 15.5 Å². The number of rotatable bonds is 9. The molecule has 0 saturated heterocycles. The van der Waals surface area contributed by atoms with Gasteiger partial charge in [0.2, 0.25) is 0 Å². The zero-order valence-electron chi connectivity index (χ0n) is 16.4. The van der Waals surface area contributed by atoms with Crippen molar-refractivity contribution in [1.82, 2.24) is 4.90 Å². The number of nitrogens with zero attached hydrogens (tertiary/aromatic N) is 1. The SMILES string of the molecule is CCCOc1ccc(NCCN(CC)CC)c2c(=O)c3ccccc3sc12. The van der Waals surface area contributed by atoms with Gasteiger partial charge in [-0.2, -0.15) is 0 Å². The molecular formula is C22H28N2O2S. The van der Waals surface area contributed by atoms with Crippen LogP contribution in [0.5, 0.6) is 5.75 Å². The molecule has 0 aliphatic carbocycles. The van der Waals surface area contributed by atoms with E-state index in [1.807, 2.05) is 36.4 Å². The van der Waals surface area contributed by atoms with Crippen LogP contribution in [0.2, 0.25) is 0 Å². The number of ether oxygens (including phenoxy) is 1. The first-order valence-electron chi connectivity index (χ1n) is 9.77. The van der Waals surface area contributed by atoms with E-state index in [9.17, 15) is 4.79 Å². The minimum absolute atomic E-state index is 0.0756. The van der Waals surface area contributed by atoms with Gasteiger partial charge in [-0.25, -0.2) is 0 Å². The van der Waals surface area contributed by atoms with Gasteiger partial charge >= 0.3 is 0 Å². The van der Waals surface area contributed by atoms with Crippen LogP contribution in [0.15, 0.2) is 41.2 Å². The molecule has 1 heterocycles. The van der Waals surface area contributed by atoms with Gasteiger partial charge in [0.15, 0.2) is 5.43 Å². The average Bonchev–Trinajstić information content (AvgIpc) is 2.70. The monoisotopic (exact) mass is 384 g/mol. The highest BCUT2D eigenvalue weighted by atomic mass is 32.1. The molecule has 1 N–H and O–H groups in total. The molecule has 0 amide bonds. The van der Waals surface area contributed by atoms with Crippen LogP contribution in [0.4, 0.5) is 5.69 Å².